The first-order valence-electron chi connectivity index (χ1n) is 7.62. The number of nitrogens with zero attached hydrogens (tertiary/aromatic N) is 1. The molecule has 1 aromatic heterocycles. The largest absolute Gasteiger partial charge is 0.347 e. The molecule has 4 heteroatoms. The second-order valence-corrected chi connectivity index (χ2v) is 7.62. The summed E-state index contributed by atoms with van der Waals surface area (Å²) in [5.41, 5.74) is 0.515. The quantitative estimate of drug-likeness (QED) is 0.900. The molecule has 5 rings (SSSR count). The molecule has 0 unspecified atom stereocenters. The van der Waals surface area contributed by atoms with E-state index >= 15 is 0 Å². The fraction of sp³-hybridized carbons (Fsp3) is 0.625. The summed E-state index contributed by atoms with van der Waals surface area (Å²) in [4.78, 5) is 16.7. The van der Waals surface area contributed by atoms with E-state index in [-0.39, 0.29) is 5.91 Å². The van der Waals surface area contributed by atoms with Crippen LogP contribution in [0.4, 0.5) is 0 Å². The normalized spacial score (nSPS) is 38.0. The van der Waals surface area contributed by atoms with E-state index in [9.17, 15) is 4.79 Å². The van der Waals surface area contributed by atoms with Crippen molar-refractivity contribution < 1.29 is 4.79 Å². The molecule has 0 radical (unpaired) electrons. The topological polar surface area (TPSA) is 42.0 Å². The first-order chi connectivity index (χ1) is 9.70. The second kappa shape index (κ2) is 4.83. The minimum absolute atomic E-state index is 0.0186. The van der Waals surface area contributed by atoms with E-state index in [0.717, 1.165) is 16.3 Å². The van der Waals surface area contributed by atoms with Crippen LogP contribution in [0.5, 0.6) is 0 Å². The summed E-state index contributed by atoms with van der Waals surface area (Å²) in [7, 11) is 0. The van der Waals surface area contributed by atoms with Crippen molar-refractivity contribution in [3.8, 4) is 0 Å². The van der Waals surface area contributed by atoms with Crippen molar-refractivity contribution in [1.82, 2.24) is 10.3 Å². The zero-order valence-electron chi connectivity index (χ0n) is 11.4. The van der Waals surface area contributed by atoms with Gasteiger partial charge in [-0.1, -0.05) is 0 Å². The molecule has 106 valence electrons. The molecule has 1 amide bonds. The fourth-order valence-electron chi connectivity index (χ4n) is 4.93. The molecule has 4 fully saturated rings. The molecule has 4 bridgehead atoms. The van der Waals surface area contributed by atoms with E-state index in [0.29, 0.717) is 23.6 Å². The van der Waals surface area contributed by atoms with Gasteiger partial charge in [-0.05, 0) is 83.8 Å². The Morgan fingerprint density at radius 3 is 2.40 bits per heavy atom. The monoisotopic (exact) mass is 334 g/mol. The lowest BCUT2D eigenvalue weighted by Crippen LogP contribution is -2.55. The number of nitrogens with one attached hydrogen (secondary N) is 1. The maximum Gasteiger partial charge on any atom is 0.271 e. The number of carbonyl (C=O) groups excluding carboxylic acids is 1. The lowest BCUT2D eigenvalue weighted by Gasteiger charge is -2.54. The van der Waals surface area contributed by atoms with Crippen LogP contribution in [0, 0.1) is 23.7 Å². The van der Waals surface area contributed by atoms with Gasteiger partial charge in [-0.3, -0.25) is 4.79 Å². The lowest BCUT2D eigenvalue weighted by atomic mass is 9.54. The van der Waals surface area contributed by atoms with Gasteiger partial charge in [0.15, 0.2) is 0 Å². The molecule has 1 heterocycles. The highest BCUT2D eigenvalue weighted by Gasteiger charge is 2.48. The molecule has 4 aliphatic rings. The third-order valence-electron chi connectivity index (χ3n) is 5.50. The molecule has 1 aromatic rings. The molecular weight excluding hydrogens is 316 g/mol. The lowest BCUT2D eigenvalue weighted by molar-refractivity contribution is -0.0120. The standard InChI is InChI=1S/C16H19BrN2O/c17-13-2-1-3-18-15(13)16(20)19-14-11-5-9-4-10(7-11)8-12(14)6-9/h1-3,9-12,14H,4-8H2,(H,19,20). The highest BCUT2D eigenvalue weighted by Crippen LogP contribution is 2.53. The van der Waals surface area contributed by atoms with E-state index in [4.69, 9.17) is 0 Å². The Morgan fingerprint density at radius 2 is 1.80 bits per heavy atom. The summed E-state index contributed by atoms with van der Waals surface area (Å²) >= 11 is 3.42. The van der Waals surface area contributed by atoms with Crippen molar-refractivity contribution >= 4 is 21.8 Å². The molecular formula is C16H19BrN2O. The molecule has 20 heavy (non-hydrogen) atoms. The van der Waals surface area contributed by atoms with Gasteiger partial charge in [0.2, 0.25) is 0 Å². The Kier molecular flexibility index (Phi) is 3.09. The van der Waals surface area contributed by atoms with Crippen LogP contribution in [0.3, 0.4) is 0 Å². The number of carbonyl (C=O) groups is 1. The van der Waals surface area contributed by atoms with Gasteiger partial charge in [-0.15, -0.1) is 0 Å². The molecule has 0 aliphatic heterocycles. The fourth-order valence-corrected chi connectivity index (χ4v) is 5.37. The maximum atomic E-state index is 12.5. The number of halogens is 1. The summed E-state index contributed by atoms with van der Waals surface area (Å²) in [6, 6.07) is 4.09. The number of pyridine rings is 1. The van der Waals surface area contributed by atoms with Crippen LogP contribution in [0.2, 0.25) is 0 Å². The van der Waals surface area contributed by atoms with Crippen molar-refractivity contribution in [2.75, 3.05) is 0 Å². The van der Waals surface area contributed by atoms with Crippen LogP contribution >= 0.6 is 15.9 Å². The Labute approximate surface area is 127 Å². The number of hydrogen-bond acceptors (Lipinski definition) is 2. The summed E-state index contributed by atoms with van der Waals surface area (Å²) < 4.78 is 0.779. The summed E-state index contributed by atoms with van der Waals surface area (Å²) in [6.07, 6.45) is 8.40. The predicted octanol–water partition coefficient (Wildman–Crippen LogP) is 3.40. The Morgan fingerprint density at radius 1 is 1.15 bits per heavy atom. The minimum Gasteiger partial charge on any atom is -0.347 e. The van der Waals surface area contributed by atoms with Gasteiger partial charge in [0.1, 0.15) is 5.69 Å². The van der Waals surface area contributed by atoms with Gasteiger partial charge in [0.25, 0.3) is 5.91 Å². The molecule has 3 nitrogen and oxygen atoms in total. The third kappa shape index (κ3) is 2.09. The molecule has 4 saturated carbocycles. The molecule has 0 spiro atoms. The first kappa shape index (κ1) is 12.8. The highest BCUT2D eigenvalue weighted by molar-refractivity contribution is 9.10. The smallest absolute Gasteiger partial charge is 0.271 e. The summed E-state index contributed by atoms with van der Waals surface area (Å²) in [5, 5.41) is 3.29. The van der Waals surface area contributed by atoms with Crippen molar-refractivity contribution in [1.29, 1.82) is 0 Å². The molecule has 1 N–H and O–H groups in total. The average molecular weight is 335 g/mol. The van der Waals surface area contributed by atoms with Gasteiger partial charge < -0.3 is 5.32 Å². The van der Waals surface area contributed by atoms with E-state index in [1.807, 2.05) is 12.1 Å². The van der Waals surface area contributed by atoms with Crippen LogP contribution in [0.1, 0.15) is 42.6 Å². The number of hydrogen-bond donors (Lipinski definition) is 1. The average Bonchev–Trinajstić information content (AvgIpc) is 2.42. The van der Waals surface area contributed by atoms with Crippen LogP contribution in [-0.2, 0) is 0 Å². The molecule has 0 saturated heterocycles. The van der Waals surface area contributed by atoms with Gasteiger partial charge in [0.05, 0.1) is 0 Å². The predicted molar refractivity (Wildman–Crippen MR) is 80.2 cm³/mol. The van der Waals surface area contributed by atoms with Crippen molar-refractivity contribution in [2.45, 2.75) is 38.1 Å². The van der Waals surface area contributed by atoms with Crippen LogP contribution < -0.4 is 5.32 Å². The zero-order valence-corrected chi connectivity index (χ0v) is 13.0. The molecule has 0 aromatic carbocycles. The maximum absolute atomic E-state index is 12.5. The zero-order chi connectivity index (χ0) is 13.7. The van der Waals surface area contributed by atoms with Gasteiger partial charge in [0, 0.05) is 16.7 Å². The minimum atomic E-state index is -0.0186. The van der Waals surface area contributed by atoms with E-state index in [1.54, 1.807) is 6.20 Å². The Hall–Kier alpha value is -0.900. The van der Waals surface area contributed by atoms with Crippen molar-refractivity contribution in [2.24, 2.45) is 23.7 Å². The van der Waals surface area contributed by atoms with E-state index in [2.05, 4.69) is 26.2 Å². The van der Waals surface area contributed by atoms with Crippen LogP contribution in [-0.4, -0.2) is 16.9 Å². The summed E-state index contributed by atoms with van der Waals surface area (Å²) in [6.45, 7) is 0. The highest BCUT2D eigenvalue weighted by atomic mass is 79.9. The number of amides is 1. The van der Waals surface area contributed by atoms with E-state index < -0.39 is 0 Å². The van der Waals surface area contributed by atoms with Crippen molar-refractivity contribution in [3.63, 3.8) is 0 Å². The summed E-state index contributed by atoms with van der Waals surface area (Å²) in [5.74, 6) is 3.27. The van der Waals surface area contributed by atoms with Gasteiger partial charge >= 0.3 is 0 Å². The van der Waals surface area contributed by atoms with Crippen LogP contribution in [0.25, 0.3) is 0 Å². The number of rotatable bonds is 2. The second-order valence-electron chi connectivity index (χ2n) is 6.76. The van der Waals surface area contributed by atoms with Crippen molar-refractivity contribution in [3.05, 3.63) is 28.5 Å². The van der Waals surface area contributed by atoms with Gasteiger partial charge in [-0.25, -0.2) is 4.98 Å². The van der Waals surface area contributed by atoms with E-state index in [1.165, 1.54) is 32.1 Å². The molecule has 4 aliphatic carbocycles. The first-order valence-corrected chi connectivity index (χ1v) is 8.41. The SMILES string of the molecule is O=C(NC1C2CC3CC(C2)CC1C3)c1ncccc1Br. The Bertz CT molecular complexity index is 517. The third-order valence-corrected chi connectivity index (χ3v) is 6.14. The van der Waals surface area contributed by atoms with Gasteiger partial charge in [-0.2, -0.15) is 0 Å². The molecule has 0 atom stereocenters. The van der Waals surface area contributed by atoms with Crippen LogP contribution in [0.15, 0.2) is 22.8 Å². The Balaban J connectivity index is 1.52. The number of aromatic nitrogens is 1.